The van der Waals surface area contributed by atoms with E-state index in [1.807, 2.05) is 6.92 Å². The van der Waals surface area contributed by atoms with Crippen molar-refractivity contribution >= 4 is 51.3 Å². The molecule has 1 saturated carbocycles. The highest BCUT2D eigenvalue weighted by atomic mass is 35.5. The van der Waals surface area contributed by atoms with Crippen molar-refractivity contribution in [2.45, 2.75) is 26.2 Å². The third kappa shape index (κ3) is 5.08. The second-order valence-corrected chi connectivity index (χ2v) is 7.85. The van der Waals surface area contributed by atoms with Gasteiger partial charge in [0, 0.05) is 17.5 Å². The second-order valence-electron chi connectivity index (χ2n) is 6.33. The van der Waals surface area contributed by atoms with Gasteiger partial charge in [0.25, 0.3) is 11.8 Å². The molecule has 1 aliphatic rings. The molecule has 0 saturated heterocycles. The van der Waals surface area contributed by atoms with E-state index in [9.17, 15) is 14.4 Å². The van der Waals surface area contributed by atoms with Crippen molar-refractivity contribution < 1.29 is 14.4 Å². The van der Waals surface area contributed by atoms with Crippen LogP contribution in [0.15, 0.2) is 30.3 Å². The van der Waals surface area contributed by atoms with Gasteiger partial charge in [0.05, 0.1) is 21.1 Å². The van der Waals surface area contributed by atoms with E-state index in [-0.39, 0.29) is 23.6 Å². The van der Waals surface area contributed by atoms with E-state index in [0.717, 1.165) is 19.3 Å². The summed E-state index contributed by atoms with van der Waals surface area (Å²) < 4.78 is 0. The maximum atomic E-state index is 12.6. The van der Waals surface area contributed by atoms with Crippen LogP contribution in [-0.4, -0.2) is 24.3 Å². The normalized spacial score (nSPS) is 13.1. The molecule has 6 nitrogen and oxygen atoms in total. The summed E-state index contributed by atoms with van der Waals surface area (Å²) in [5, 5.41) is 9.39. The number of carbonyl (C=O) groups is 3. The summed E-state index contributed by atoms with van der Waals surface area (Å²) in [5.41, 5.74) is 0.693. The number of amides is 3. The monoisotopic (exact) mass is 405 g/mol. The molecule has 0 bridgehead atoms. The van der Waals surface area contributed by atoms with Crippen LogP contribution in [0.4, 0.5) is 10.7 Å². The summed E-state index contributed by atoms with van der Waals surface area (Å²) in [7, 11) is 0. The molecule has 0 aliphatic heterocycles. The standard InChI is InChI=1S/C19H20ClN3O3S/c1-2-9-21-18(25)13-6-5-12(20)10-14(13)22-19(26)15-7-8-16(27-15)23-17(24)11-3-4-11/h5-8,10-11H,2-4,9H2,1H3,(H,21,25)(H,22,26)(H,23,24). The van der Waals surface area contributed by atoms with E-state index >= 15 is 0 Å². The van der Waals surface area contributed by atoms with E-state index in [4.69, 9.17) is 11.6 Å². The van der Waals surface area contributed by atoms with Crippen LogP contribution < -0.4 is 16.0 Å². The van der Waals surface area contributed by atoms with Crippen molar-refractivity contribution in [3.05, 3.63) is 45.8 Å². The first-order valence-corrected chi connectivity index (χ1v) is 9.97. The third-order valence-electron chi connectivity index (χ3n) is 4.03. The molecule has 0 radical (unpaired) electrons. The lowest BCUT2D eigenvalue weighted by molar-refractivity contribution is -0.117. The maximum absolute atomic E-state index is 12.6. The Bertz CT molecular complexity index is 877. The summed E-state index contributed by atoms with van der Waals surface area (Å²) in [4.78, 5) is 37.1. The van der Waals surface area contributed by atoms with Crippen LogP contribution in [0.1, 0.15) is 46.2 Å². The molecule has 8 heteroatoms. The quantitative estimate of drug-likeness (QED) is 0.646. The molecule has 27 heavy (non-hydrogen) atoms. The van der Waals surface area contributed by atoms with Gasteiger partial charge in [-0.05, 0) is 49.6 Å². The lowest BCUT2D eigenvalue weighted by Crippen LogP contribution is -2.25. The van der Waals surface area contributed by atoms with Crippen molar-refractivity contribution in [1.82, 2.24) is 5.32 Å². The van der Waals surface area contributed by atoms with Gasteiger partial charge < -0.3 is 16.0 Å². The number of hydrogen-bond donors (Lipinski definition) is 3. The molecule has 1 fully saturated rings. The van der Waals surface area contributed by atoms with Gasteiger partial charge in [-0.3, -0.25) is 14.4 Å². The molecule has 3 rings (SSSR count). The Labute approximate surface area is 166 Å². The van der Waals surface area contributed by atoms with E-state index in [1.54, 1.807) is 30.3 Å². The molecule has 3 N–H and O–H groups in total. The molecular formula is C19H20ClN3O3S. The van der Waals surface area contributed by atoms with Gasteiger partial charge in [0.15, 0.2) is 0 Å². The molecular weight excluding hydrogens is 386 g/mol. The zero-order chi connectivity index (χ0) is 19.4. The Morgan fingerprint density at radius 1 is 1.11 bits per heavy atom. The zero-order valence-electron chi connectivity index (χ0n) is 14.8. The highest BCUT2D eigenvalue weighted by molar-refractivity contribution is 7.18. The molecule has 0 unspecified atom stereocenters. The van der Waals surface area contributed by atoms with Crippen LogP contribution in [0.5, 0.6) is 0 Å². The van der Waals surface area contributed by atoms with Gasteiger partial charge in [-0.2, -0.15) is 0 Å². The van der Waals surface area contributed by atoms with E-state index < -0.39 is 0 Å². The zero-order valence-corrected chi connectivity index (χ0v) is 16.4. The van der Waals surface area contributed by atoms with Gasteiger partial charge in [0.2, 0.25) is 5.91 Å². The maximum Gasteiger partial charge on any atom is 0.265 e. The minimum absolute atomic E-state index is 0.00599. The van der Waals surface area contributed by atoms with Crippen molar-refractivity contribution in [1.29, 1.82) is 0 Å². The van der Waals surface area contributed by atoms with E-state index in [0.29, 0.717) is 32.7 Å². The Morgan fingerprint density at radius 2 is 1.89 bits per heavy atom. The van der Waals surface area contributed by atoms with Crippen molar-refractivity contribution in [3.8, 4) is 0 Å². The average molecular weight is 406 g/mol. The molecule has 1 heterocycles. The molecule has 2 aromatic rings. The fraction of sp³-hybridized carbons (Fsp3) is 0.316. The topological polar surface area (TPSA) is 87.3 Å². The summed E-state index contributed by atoms with van der Waals surface area (Å²) in [5.74, 6) is -0.542. The summed E-state index contributed by atoms with van der Waals surface area (Å²) in [6.07, 6.45) is 2.65. The molecule has 0 atom stereocenters. The van der Waals surface area contributed by atoms with Crippen molar-refractivity contribution in [2.24, 2.45) is 5.92 Å². The van der Waals surface area contributed by atoms with Crippen molar-refractivity contribution in [3.63, 3.8) is 0 Å². The minimum atomic E-state index is -0.362. The highest BCUT2D eigenvalue weighted by Gasteiger charge is 2.30. The van der Waals surface area contributed by atoms with Crippen LogP contribution in [0.3, 0.4) is 0 Å². The number of hydrogen-bond acceptors (Lipinski definition) is 4. The Balaban J connectivity index is 1.71. The summed E-state index contributed by atoms with van der Waals surface area (Å²) in [6.45, 7) is 2.50. The number of nitrogens with one attached hydrogen (secondary N) is 3. The van der Waals surface area contributed by atoms with E-state index in [1.165, 1.54) is 11.3 Å². The fourth-order valence-electron chi connectivity index (χ4n) is 2.43. The first kappa shape index (κ1) is 19.4. The SMILES string of the molecule is CCCNC(=O)c1ccc(Cl)cc1NC(=O)c1ccc(NC(=O)C2CC2)s1. The lowest BCUT2D eigenvalue weighted by atomic mass is 10.1. The van der Waals surface area contributed by atoms with Gasteiger partial charge in [-0.25, -0.2) is 0 Å². The van der Waals surface area contributed by atoms with E-state index in [2.05, 4.69) is 16.0 Å². The van der Waals surface area contributed by atoms with Gasteiger partial charge >= 0.3 is 0 Å². The number of halogens is 1. The number of carbonyl (C=O) groups excluding carboxylic acids is 3. The predicted molar refractivity (Wildman–Crippen MR) is 108 cm³/mol. The summed E-state index contributed by atoms with van der Waals surface area (Å²) in [6, 6.07) is 8.08. The Morgan fingerprint density at radius 3 is 2.59 bits per heavy atom. The minimum Gasteiger partial charge on any atom is -0.352 e. The largest absolute Gasteiger partial charge is 0.352 e. The third-order valence-corrected chi connectivity index (χ3v) is 5.27. The number of rotatable bonds is 7. The van der Waals surface area contributed by atoms with Crippen LogP contribution in [0, 0.1) is 5.92 Å². The van der Waals surface area contributed by atoms with Crippen LogP contribution >= 0.6 is 22.9 Å². The van der Waals surface area contributed by atoms with Crippen LogP contribution in [0.2, 0.25) is 5.02 Å². The van der Waals surface area contributed by atoms with Crippen LogP contribution in [-0.2, 0) is 4.79 Å². The molecule has 1 aliphatic carbocycles. The highest BCUT2D eigenvalue weighted by Crippen LogP contribution is 2.32. The molecule has 142 valence electrons. The molecule has 1 aromatic carbocycles. The fourth-order valence-corrected chi connectivity index (χ4v) is 3.41. The Kier molecular flexibility index (Phi) is 6.13. The lowest BCUT2D eigenvalue weighted by Gasteiger charge is -2.11. The number of thiophene rings is 1. The van der Waals surface area contributed by atoms with Gasteiger partial charge in [0.1, 0.15) is 0 Å². The Hall–Kier alpha value is -2.38. The molecule has 0 spiro atoms. The van der Waals surface area contributed by atoms with Gasteiger partial charge in [-0.1, -0.05) is 18.5 Å². The van der Waals surface area contributed by atoms with Crippen molar-refractivity contribution in [2.75, 3.05) is 17.2 Å². The predicted octanol–water partition coefficient (Wildman–Crippen LogP) is 4.14. The summed E-state index contributed by atoms with van der Waals surface area (Å²) >= 11 is 7.21. The molecule has 3 amide bonds. The smallest absolute Gasteiger partial charge is 0.265 e. The van der Waals surface area contributed by atoms with Gasteiger partial charge in [-0.15, -0.1) is 11.3 Å². The number of anilines is 2. The van der Waals surface area contributed by atoms with Crippen LogP contribution in [0.25, 0.3) is 0 Å². The first-order chi connectivity index (χ1) is 13.0. The average Bonchev–Trinajstić information content (AvgIpc) is 3.39. The number of benzene rings is 1. The second kappa shape index (κ2) is 8.54. The first-order valence-electron chi connectivity index (χ1n) is 8.77. The molecule has 1 aromatic heterocycles.